The van der Waals surface area contributed by atoms with E-state index in [1.165, 1.54) is 29.1 Å². The largest absolute Gasteiger partial charge is 0.490 e. The topological polar surface area (TPSA) is 132 Å². The number of ether oxygens (including phenoxy) is 2. The first kappa shape index (κ1) is 34.3. The summed E-state index contributed by atoms with van der Waals surface area (Å²) in [5.74, 6) is -0.985. The number of hydrogen-bond donors (Lipinski definition) is 1. The molecular formula is C37H42ClN5O6S. The lowest BCUT2D eigenvalue weighted by Gasteiger charge is -2.44. The number of ketones is 1. The maximum Gasteiger partial charge on any atom is 0.286 e. The average molecular weight is 720 g/mol. The fraction of sp³-hybridized carbons (Fsp3) is 0.459. The summed E-state index contributed by atoms with van der Waals surface area (Å²) >= 11 is 6.42. The van der Waals surface area contributed by atoms with Gasteiger partial charge in [0.2, 0.25) is 5.88 Å². The SMILES string of the molecule is COc1nn(C)cc1C(=O)NS1(=O)=NC(=O)c2ccc3c(c2)N(C[C@@H]2CC[C@H]2C(=O)/C=C/C[C@H](C)C1)C[C@@]1(CCCc2cc(Cl)ccc21)CO3. The molecule has 0 radical (unpaired) electrons. The van der Waals surface area contributed by atoms with E-state index in [4.69, 9.17) is 21.1 Å². The summed E-state index contributed by atoms with van der Waals surface area (Å²) < 4.78 is 34.4. The number of carbonyl (C=O) groups excluding carboxylic acids is 3. The Morgan fingerprint density at radius 1 is 1.18 bits per heavy atom. The summed E-state index contributed by atoms with van der Waals surface area (Å²) in [6, 6.07) is 11.3. The van der Waals surface area contributed by atoms with E-state index in [2.05, 4.69) is 31.2 Å². The summed E-state index contributed by atoms with van der Waals surface area (Å²) in [7, 11) is -0.621. The van der Waals surface area contributed by atoms with E-state index in [1.54, 1.807) is 37.4 Å². The van der Waals surface area contributed by atoms with Crippen LogP contribution < -0.4 is 19.1 Å². The molecule has 7 rings (SSSR count). The lowest BCUT2D eigenvalue weighted by molar-refractivity contribution is -0.122. The standard InChI is InChI=1S/C37H42ClN5O6S/c1-23-6-4-8-32(44)28-12-9-26(28)18-43-21-37(15-5-7-24-16-27(38)11-13-30(24)37)22-49-33-14-10-25(17-31(33)43)34(45)40-50(47,20-23)41-35(46)29-19-42(2)39-36(29)48-3/h4,8,10-11,13-14,16-17,19,23,26,28H,5-7,9,12,15,18,20-22H2,1-3H3,(H,40,41,45,46,47)/b8-4+/t23-,26-,28+,37-,50?/m0/s1. The van der Waals surface area contributed by atoms with Crippen LogP contribution in [0.15, 0.2) is 59.1 Å². The van der Waals surface area contributed by atoms with Crippen molar-refractivity contribution in [2.45, 2.75) is 50.9 Å². The Labute approximate surface area is 297 Å². The van der Waals surface area contributed by atoms with E-state index in [0.29, 0.717) is 36.9 Å². The van der Waals surface area contributed by atoms with Crippen LogP contribution in [0, 0.1) is 17.8 Å². The smallest absolute Gasteiger partial charge is 0.286 e. The van der Waals surface area contributed by atoms with Crippen LogP contribution in [0.1, 0.15) is 70.9 Å². The molecule has 1 saturated carbocycles. The van der Waals surface area contributed by atoms with Crippen LogP contribution in [-0.2, 0) is 33.6 Å². The number of methoxy groups -OCH3 is 1. The van der Waals surface area contributed by atoms with E-state index in [0.717, 1.165) is 37.8 Å². The summed E-state index contributed by atoms with van der Waals surface area (Å²) in [5, 5.41) is 4.83. The average Bonchev–Trinajstić information content (AvgIpc) is 3.37. The van der Waals surface area contributed by atoms with Gasteiger partial charge in [-0.15, -0.1) is 9.46 Å². The number of anilines is 1. The highest BCUT2D eigenvalue weighted by Crippen LogP contribution is 2.46. The number of halogens is 1. The Morgan fingerprint density at radius 2 is 2.02 bits per heavy atom. The third-order valence-corrected chi connectivity index (χ3v) is 12.8. The lowest BCUT2D eigenvalue weighted by Crippen LogP contribution is -2.49. The predicted molar refractivity (Wildman–Crippen MR) is 191 cm³/mol. The number of amides is 2. The summed E-state index contributed by atoms with van der Waals surface area (Å²) in [6.07, 6.45) is 9.93. The van der Waals surface area contributed by atoms with Crippen LogP contribution in [0.4, 0.5) is 5.69 Å². The van der Waals surface area contributed by atoms with E-state index in [1.807, 2.05) is 13.0 Å². The number of rotatable bonds is 3. The van der Waals surface area contributed by atoms with Gasteiger partial charge >= 0.3 is 0 Å². The van der Waals surface area contributed by atoms with Crippen LogP contribution in [0.5, 0.6) is 11.6 Å². The maximum atomic E-state index is 14.5. The highest BCUT2D eigenvalue weighted by molar-refractivity contribution is 7.92. The van der Waals surface area contributed by atoms with Crippen molar-refractivity contribution in [2.24, 2.45) is 29.2 Å². The number of aryl methyl sites for hydroxylation is 2. The zero-order valence-corrected chi connectivity index (χ0v) is 30.1. The zero-order chi connectivity index (χ0) is 35.2. The fourth-order valence-corrected chi connectivity index (χ4v) is 10.0. The molecule has 50 heavy (non-hydrogen) atoms. The third kappa shape index (κ3) is 6.67. The van der Waals surface area contributed by atoms with Crippen molar-refractivity contribution in [1.82, 2.24) is 14.5 Å². The Bertz CT molecular complexity index is 2020. The van der Waals surface area contributed by atoms with Gasteiger partial charge in [-0.25, -0.2) is 4.21 Å². The highest BCUT2D eigenvalue weighted by atomic mass is 35.5. The lowest BCUT2D eigenvalue weighted by atomic mass is 9.68. The van der Waals surface area contributed by atoms with Gasteiger partial charge in [0.05, 0.1) is 25.2 Å². The van der Waals surface area contributed by atoms with E-state index in [-0.39, 0.29) is 51.7 Å². The molecule has 1 aromatic heterocycles. The van der Waals surface area contributed by atoms with Gasteiger partial charge in [0.15, 0.2) is 5.78 Å². The second-order valence-corrected chi connectivity index (χ2v) is 16.7. The van der Waals surface area contributed by atoms with Gasteiger partial charge in [0.25, 0.3) is 11.8 Å². The summed E-state index contributed by atoms with van der Waals surface area (Å²) in [4.78, 5) is 43.1. The van der Waals surface area contributed by atoms with Crippen LogP contribution in [0.3, 0.4) is 0 Å². The minimum absolute atomic E-state index is 0.0589. The molecule has 1 N–H and O–H groups in total. The van der Waals surface area contributed by atoms with Gasteiger partial charge in [-0.05, 0) is 97.9 Å². The minimum atomic E-state index is -3.64. The van der Waals surface area contributed by atoms with Crippen LogP contribution >= 0.6 is 11.6 Å². The first-order valence-corrected chi connectivity index (χ1v) is 19.2. The van der Waals surface area contributed by atoms with Crippen molar-refractivity contribution in [2.75, 3.05) is 37.5 Å². The Hall–Kier alpha value is -4.16. The molecular weight excluding hydrogens is 678 g/mol. The molecule has 264 valence electrons. The molecule has 2 amide bonds. The van der Waals surface area contributed by atoms with Crippen molar-refractivity contribution in [3.63, 3.8) is 0 Å². The maximum absolute atomic E-state index is 14.5. The number of allylic oxidation sites excluding steroid dienone is 2. The minimum Gasteiger partial charge on any atom is -0.490 e. The van der Waals surface area contributed by atoms with Crippen molar-refractivity contribution >= 4 is 44.8 Å². The number of nitrogens with zero attached hydrogens (tertiary/aromatic N) is 4. The number of fused-ring (bicyclic) bond motifs is 4. The van der Waals surface area contributed by atoms with Crippen LogP contribution in [-0.4, -0.2) is 64.1 Å². The van der Waals surface area contributed by atoms with Crippen molar-refractivity contribution in [3.8, 4) is 11.6 Å². The van der Waals surface area contributed by atoms with Gasteiger partial charge in [-0.1, -0.05) is 30.7 Å². The number of hydrogen-bond acceptors (Lipinski definition) is 8. The van der Waals surface area contributed by atoms with Gasteiger partial charge < -0.3 is 14.4 Å². The van der Waals surface area contributed by atoms with E-state index < -0.39 is 21.7 Å². The molecule has 2 aliphatic heterocycles. The molecule has 1 fully saturated rings. The zero-order valence-electron chi connectivity index (χ0n) is 28.5. The van der Waals surface area contributed by atoms with E-state index >= 15 is 0 Å². The van der Waals surface area contributed by atoms with Crippen LogP contribution in [0.25, 0.3) is 0 Å². The molecule has 3 aromatic rings. The number of nitrogens with one attached hydrogen (secondary N) is 1. The Morgan fingerprint density at radius 3 is 2.80 bits per heavy atom. The molecule has 1 spiro atoms. The van der Waals surface area contributed by atoms with E-state index in [9.17, 15) is 18.6 Å². The quantitative estimate of drug-likeness (QED) is 0.365. The molecule has 11 nitrogen and oxygen atoms in total. The highest BCUT2D eigenvalue weighted by Gasteiger charge is 2.44. The molecule has 2 bridgehead atoms. The molecule has 2 aliphatic carbocycles. The molecule has 13 heteroatoms. The summed E-state index contributed by atoms with van der Waals surface area (Å²) in [6.45, 7) is 3.56. The molecule has 0 saturated heterocycles. The fourth-order valence-electron chi connectivity index (χ4n) is 7.95. The van der Waals surface area contributed by atoms with Crippen molar-refractivity contribution < 1.29 is 28.1 Å². The van der Waals surface area contributed by atoms with Gasteiger partial charge in [-0.2, -0.15) is 0 Å². The normalized spacial score (nSPS) is 28.6. The monoisotopic (exact) mass is 719 g/mol. The number of aromatic nitrogens is 2. The number of carbonyl (C=O) groups is 3. The molecule has 4 aliphatic rings. The Kier molecular flexibility index (Phi) is 9.27. The van der Waals surface area contributed by atoms with Crippen molar-refractivity contribution in [1.29, 1.82) is 0 Å². The molecule has 2 aromatic carbocycles. The second kappa shape index (κ2) is 13.5. The summed E-state index contributed by atoms with van der Waals surface area (Å²) in [5.41, 5.74) is 3.15. The molecule has 3 heterocycles. The predicted octanol–water partition coefficient (Wildman–Crippen LogP) is 5.70. The third-order valence-electron chi connectivity index (χ3n) is 10.6. The first-order valence-electron chi connectivity index (χ1n) is 17.2. The van der Waals surface area contributed by atoms with Gasteiger partial charge in [-0.3, -0.25) is 23.8 Å². The Balaban J connectivity index is 1.30. The van der Waals surface area contributed by atoms with Gasteiger partial charge in [0, 0.05) is 48.3 Å². The molecule has 1 unspecified atom stereocenters. The first-order chi connectivity index (χ1) is 24.0. The van der Waals surface area contributed by atoms with Gasteiger partial charge in [0.1, 0.15) is 21.2 Å². The van der Waals surface area contributed by atoms with Crippen LogP contribution in [0.2, 0.25) is 5.02 Å². The molecule has 5 atom stereocenters. The van der Waals surface area contributed by atoms with Crippen molar-refractivity contribution in [3.05, 3.63) is 82.0 Å². The second-order valence-electron chi connectivity index (χ2n) is 14.2. The number of benzene rings is 2.